The Balaban J connectivity index is 1.55. The fraction of sp³-hybridized carbons (Fsp3) is 0.524. The second kappa shape index (κ2) is 9.27. The highest BCUT2D eigenvalue weighted by Crippen LogP contribution is 2.20. The normalized spacial score (nSPS) is 17.2. The highest BCUT2D eigenvalue weighted by Gasteiger charge is 2.30. The number of ether oxygens (including phenoxy) is 2. The molecule has 3 heterocycles. The Morgan fingerprint density at radius 2 is 1.81 bits per heavy atom. The molecule has 3 rings (SSSR count). The Morgan fingerprint density at radius 3 is 2.34 bits per heavy atom. The van der Waals surface area contributed by atoms with Crippen molar-refractivity contribution in [2.24, 2.45) is 0 Å². The zero-order valence-electron chi connectivity index (χ0n) is 19.0. The minimum atomic E-state index is -3.28. The molecule has 11 heteroatoms. The molecule has 0 aliphatic carbocycles. The standard InChI is InChI=1S/C21H29N5O5S/c1-15-13-25(20(27)31-21(2,3)4)8-9-26(15)19-23-10-17(11-24-19)30-14-16-6-7-18(12-22-16)32(5,28)29/h6-7,10-12,15H,8-9,13-14H2,1-5H3. The molecular formula is C21H29N5O5S. The lowest BCUT2D eigenvalue weighted by molar-refractivity contribution is 0.0218. The van der Waals surface area contributed by atoms with Crippen molar-refractivity contribution in [3.05, 3.63) is 36.4 Å². The Hall–Kier alpha value is -2.95. The van der Waals surface area contributed by atoms with E-state index >= 15 is 0 Å². The van der Waals surface area contributed by atoms with Crippen LogP contribution in [0.4, 0.5) is 10.7 Å². The summed E-state index contributed by atoms with van der Waals surface area (Å²) in [5.41, 5.74) is 0.0649. The van der Waals surface area contributed by atoms with Crippen LogP contribution in [0.3, 0.4) is 0 Å². The molecule has 2 aromatic heterocycles. The van der Waals surface area contributed by atoms with Gasteiger partial charge in [0.25, 0.3) is 0 Å². The van der Waals surface area contributed by atoms with E-state index in [0.29, 0.717) is 37.0 Å². The molecule has 1 aliphatic heterocycles. The number of nitrogens with zero attached hydrogens (tertiary/aromatic N) is 5. The molecule has 1 unspecified atom stereocenters. The summed E-state index contributed by atoms with van der Waals surface area (Å²) in [6.07, 6.45) is 5.30. The van der Waals surface area contributed by atoms with E-state index in [1.54, 1.807) is 23.4 Å². The number of rotatable bonds is 5. The zero-order chi connectivity index (χ0) is 23.5. The van der Waals surface area contributed by atoms with Crippen LogP contribution in [0.25, 0.3) is 0 Å². The first-order valence-electron chi connectivity index (χ1n) is 10.3. The largest absolute Gasteiger partial charge is 0.484 e. The topological polar surface area (TPSA) is 115 Å². The Bertz CT molecular complexity index is 1040. The Kier molecular flexibility index (Phi) is 6.87. The minimum absolute atomic E-state index is 0.0283. The third kappa shape index (κ3) is 6.28. The summed E-state index contributed by atoms with van der Waals surface area (Å²) in [6, 6.07) is 3.14. The van der Waals surface area contributed by atoms with E-state index in [1.807, 2.05) is 32.6 Å². The monoisotopic (exact) mass is 463 g/mol. The first kappa shape index (κ1) is 23.7. The highest BCUT2D eigenvalue weighted by atomic mass is 32.2. The van der Waals surface area contributed by atoms with Crippen molar-refractivity contribution in [2.45, 2.75) is 50.8 Å². The van der Waals surface area contributed by atoms with Crippen LogP contribution in [-0.4, -0.2) is 71.9 Å². The highest BCUT2D eigenvalue weighted by molar-refractivity contribution is 7.90. The molecule has 0 bridgehead atoms. The van der Waals surface area contributed by atoms with Gasteiger partial charge in [-0.3, -0.25) is 4.98 Å². The third-order valence-electron chi connectivity index (χ3n) is 4.76. The van der Waals surface area contributed by atoms with Gasteiger partial charge in [0.05, 0.1) is 23.0 Å². The van der Waals surface area contributed by atoms with Crippen LogP contribution in [0, 0.1) is 0 Å². The minimum Gasteiger partial charge on any atom is -0.484 e. The van der Waals surface area contributed by atoms with Crippen LogP contribution in [0.1, 0.15) is 33.4 Å². The van der Waals surface area contributed by atoms with Gasteiger partial charge in [-0.05, 0) is 39.8 Å². The lowest BCUT2D eigenvalue weighted by Gasteiger charge is -2.40. The van der Waals surface area contributed by atoms with Crippen LogP contribution in [-0.2, 0) is 21.2 Å². The van der Waals surface area contributed by atoms with Gasteiger partial charge >= 0.3 is 6.09 Å². The van der Waals surface area contributed by atoms with E-state index in [9.17, 15) is 13.2 Å². The smallest absolute Gasteiger partial charge is 0.410 e. The summed E-state index contributed by atoms with van der Waals surface area (Å²) in [5.74, 6) is 1.03. The fourth-order valence-electron chi connectivity index (χ4n) is 3.15. The quantitative estimate of drug-likeness (QED) is 0.659. The summed E-state index contributed by atoms with van der Waals surface area (Å²) >= 11 is 0. The molecule has 0 saturated carbocycles. The average molecular weight is 464 g/mol. The summed E-state index contributed by atoms with van der Waals surface area (Å²) in [5, 5.41) is 0. The molecule has 10 nitrogen and oxygen atoms in total. The number of carbonyl (C=O) groups is 1. The Morgan fingerprint density at radius 1 is 1.12 bits per heavy atom. The summed E-state index contributed by atoms with van der Waals surface area (Å²) in [7, 11) is -3.28. The van der Waals surface area contributed by atoms with Gasteiger partial charge < -0.3 is 19.3 Å². The van der Waals surface area contributed by atoms with Gasteiger partial charge in [-0.25, -0.2) is 23.2 Å². The third-order valence-corrected chi connectivity index (χ3v) is 5.86. The van der Waals surface area contributed by atoms with Crippen LogP contribution in [0.15, 0.2) is 35.6 Å². The Labute approximate surface area is 188 Å². The number of piperazine rings is 1. The van der Waals surface area contributed by atoms with E-state index in [1.165, 1.54) is 12.3 Å². The summed E-state index contributed by atoms with van der Waals surface area (Å²) < 4.78 is 34.1. The SMILES string of the molecule is CC1CN(C(=O)OC(C)(C)C)CCN1c1ncc(OCc2ccc(S(C)(=O)=O)cn2)cn1. The maximum absolute atomic E-state index is 12.3. The van der Waals surface area contributed by atoms with E-state index in [-0.39, 0.29) is 23.6 Å². The van der Waals surface area contributed by atoms with Crippen LogP contribution < -0.4 is 9.64 Å². The average Bonchev–Trinajstić information content (AvgIpc) is 2.71. The second-order valence-corrected chi connectivity index (χ2v) is 10.7. The molecular weight excluding hydrogens is 434 g/mol. The molecule has 1 fully saturated rings. The van der Waals surface area contributed by atoms with Crippen LogP contribution >= 0.6 is 0 Å². The lowest BCUT2D eigenvalue weighted by atomic mass is 10.2. The number of aromatic nitrogens is 3. The first-order chi connectivity index (χ1) is 14.9. The van der Waals surface area contributed by atoms with Gasteiger partial charge in [0.1, 0.15) is 12.2 Å². The van der Waals surface area contributed by atoms with Gasteiger partial charge in [0.15, 0.2) is 15.6 Å². The molecule has 174 valence electrons. The van der Waals surface area contributed by atoms with Gasteiger partial charge in [-0.2, -0.15) is 0 Å². The van der Waals surface area contributed by atoms with Crippen LogP contribution in [0.2, 0.25) is 0 Å². The number of pyridine rings is 1. The fourth-order valence-corrected chi connectivity index (χ4v) is 3.71. The van der Waals surface area contributed by atoms with Crippen molar-refractivity contribution >= 4 is 21.9 Å². The number of hydrogen-bond donors (Lipinski definition) is 0. The summed E-state index contributed by atoms with van der Waals surface area (Å²) in [6.45, 7) is 9.36. The van der Waals surface area contributed by atoms with Crippen molar-refractivity contribution in [1.29, 1.82) is 0 Å². The van der Waals surface area contributed by atoms with Crippen molar-refractivity contribution in [1.82, 2.24) is 19.9 Å². The van der Waals surface area contributed by atoms with Gasteiger partial charge in [-0.1, -0.05) is 0 Å². The maximum Gasteiger partial charge on any atom is 0.410 e. The molecule has 32 heavy (non-hydrogen) atoms. The number of sulfone groups is 1. The molecule has 1 aliphatic rings. The van der Waals surface area contributed by atoms with Crippen LogP contribution in [0.5, 0.6) is 5.75 Å². The number of anilines is 1. The van der Waals surface area contributed by atoms with Crippen molar-refractivity contribution < 1.29 is 22.7 Å². The summed E-state index contributed by atoms with van der Waals surface area (Å²) in [4.78, 5) is 29.1. The zero-order valence-corrected chi connectivity index (χ0v) is 19.8. The number of carbonyl (C=O) groups excluding carboxylic acids is 1. The van der Waals surface area contributed by atoms with E-state index in [4.69, 9.17) is 9.47 Å². The van der Waals surface area contributed by atoms with Gasteiger partial charge in [0, 0.05) is 38.1 Å². The molecule has 0 N–H and O–H groups in total. The van der Waals surface area contributed by atoms with E-state index < -0.39 is 15.4 Å². The van der Waals surface area contributed by atoms with E-state index in [0.717, 1.165) is 6.26 Å². The second-order valence-electron chi connectivity index (χ2n) is 8.73. The molecule has 0 aromatic carbocycles. The van der Waals surface area contributed by atoms with Crippen molar-refractivity contribution in [3.8, 4) is 5.75 Å². The molecule has 2 aromatic rings. The molecule has 0 spiro atoms. The van der Waals surface area contributed by atoms with Gasteiger partial charge in [0.2, 0.25) is 5.95 Å². The molecule has 1 atom stereocenters. The molecule has 0 radical (unpaired) electrons. The van der Waals surface area contributed by atoms with Crippen molar-refractivity contribution in [3.63, 3.8) is 0 Å². The predicted molar refractivity (Wildman–Crippen MR) is 118 cm³/mol. The molecule has 1 amide bonds. The number of hydrogen-bond acceptors (Lipinski definition) is 9. The maximum atomic E-state index is 12.3. The van der Waals surface area contributed by atoms with Crippen molar-refractivity contribution in [2.75, 3.05) is 30.8 Å². The lowest BCUT2D eigenvalue weighted by Crippen LogP contribution is -2.55. The molecule has 1 saturated heterocycles. The van der Waals surface area contributed by atoms with E-state index in [2.05, 4.69) is 15.0 Å². The number of amides is 1. The first-order valence-corrected chi connectivity index (χ1v) is 12.2. The van der Waals surface area contributed by atoms with Gasteiger partial charge in [-0.15, -0.1) is 0 Å². The predicted octanol–water partition coefficient (Wildman–Crippen LogP) is 2.30.